The molecule has 0 bridgehead atoms. The lowest BCUT2D eigenvalue weighted by Gasteiger charge is -2.36. The van der Waals surface area contributed by atoms with Crippen LogP contribution in [0.5, 0.6) is 0 Å². The first kappa shape index (κ1) is 12.5. The fourth-order valence-electron chi connectivity index (χ4n) is 2.36. The van der Waals surface area contributed by atoms with Crippen molar-refractivity contribution in [2.24, 2.45) is 0 Å². The number of nitrogens with one attached hydrogen (secondary N) is 1. The minimum atomic E-state index is -0.800. The molecule has 94 valence electrons. The van der Waals surface area contributed by atoms with Crippen molar-refractivity contribution in [2.45, 2.75) is 24.9 Å². The maximum atomic E-state index is 13.1. The number of methoxy groups -OCH3 is 1. The number of hydrogen-bond donors (Lipinski definition) is 1. The molecule has 0 spiro atoms. The molecule has 1 aromatic carbocycles. The second-order valence-electron chi connectivity index (χ2n) is 4.56. The lowest BCUT2D eigenvalue weighted by Crippen LogP contribution is -2.45. The lowest BCUT2D eigenvalue weighted by atomic mass is 9.85. The van der Waals surface area contributed by atoms with E-state index in [9.17, 15) is 8.78 Å². The van der Waals surface area contributed by atoms with Gasteiger partial charge in [-0.3, -0.25) is 0 Å². The third-order valence-corrected chi connectivity index (χ3v) is 3.46. The molecular weight excluding hydrogens is 224 g/mol. The van der Waals surface area contributed by atoms with Crippen molar-refractivity contribution in [2.75, 3.05) is 20.2 Å². The van der Waals surface area contributed by atoms with Gasteiger partial charge < -0.3 is 10.1 Å². The fourth-order valence-corrected chi connectivity index (χ4v) is 2.36. The minimum absolute atomic E-state index is 0.241. The fraction of sp³-hybridized carbons (Fsp3) is 0.538. The summed E-state index contributed by atoms with van der Waals surface area (Å²) in [4.78, 5) is 0. The number of hydrogen-bond acceptors (Lipinski definition) is 2. The van der Waals surface area contributed by atoms with E-state index in [0.717, 1.165) is 31.5 Å². The van der Waals surface area contributed by atoms with Gasteiger partial charge in [-0.05, 0) is 43.6 Å². The number of halogens is 2. The lowest BCUT2D eigenvalue weighted by molar-refractivity contribution is -0.0334. The monoisotopic (exact) mass is 241 g/mol. The van der Waals surface area contributed by atoms with Gasteiger partial charge in [-0.2, -0.15) is 0 Å². The third kappa shape index (κ3) is 2.82. The molecular formula is C13H17F2NO. The van der Waals surface area contributed by atoms with Crippen molar-refractivity contribution in [3.8, 4) is 0 Å². The van der Waals surface area contributed by atoms with Crippen LogP contribution in [0, 0.1) is 11.6 Å². The molecule has 1 aliphatic rings. The highest BCUT2D eigenvalue weighted by molar-refractivity contribution is 5.20. The van der Waals surface area contributed by atoms with E-state index in [0.29, 0.717) is 6.42 Å². The van der Waals surface area contributed by atoms with Crippen LogP contribution in [0.25, 0.3) is 0 Å². The maximum absolute atomic E-state index is 13.1. The zero-order valence-electron chi connectivity index (χ0n) is 9.93. The smallest absolute Gasteiger partial charge is 0.159 e. The first-order chi connectivity index (χ1) is 8.15. The molecule has 1 N–H and O–H groups in total. The molecule has 1 aromatic rings. The average Bonchev–Trinajstić information content (AvgIpc) is 2.35. The maximum Gasteiger partial charge on any atom is 0.159 e. The van der Waals surface area contributed by atoms with E-state index in [2.05, 4.69) is 5.32 Å². The third-order valence-electron chi connectivity index (χ3n) is 3.46. The van der Waals surface area contributed by atoms with Crippen LogP contribution in [-0.2, 0) is 11.2 Å². The van der Waals surface area contributed by atoms with E-state index in [1.165, 1.54) is 12.1 Å². The SMILES string of the molecule is COC1(Cc2ccc(F)c(F)c2)CCNCC1. The molecule has 17 heavy (non-hydrogen) atoms. The predicted octanol–water partition coefficient (Wildman–Crippen LogP) is 2.28. The molecule has 1 heterocycles. The van der Waals surface area contributed by atoms with E-state index in [4.69, 9.17) is 4.74 Å². The Balaban J connectivity index is 2.14. The highest BCUT2D eigenvalue weighted by Gasteiger charge is 2.32. The Bertz CT molecular complexity index is 389. The molecule has 0 aliphatic carbocycles. The summed E-state index contributed by atoms with van der Waals surface area (Å²) < 4.78 is 31.6. The van der Waals surface area contributed by atoms with Crippen LogP contribution in [0.15, 0.2) is 18.2 Å². The highest BCUT2D eigenvalue weighted by atomic mass is 19.2. The van der Waals surface area contributed by atoms with Crippen LogP contribution in [0.3, 0.4) is 0 Å². The molecule has 1 aliphatic heterocycles. The van der Waals surface area contributed by atoms with Gasteiger partial charge in [0.05, 0.1) is 5.60 Å². The van der Waals surface area contributed by atoms with Crippen LogP contribution >= 0.6 is 0 Å². The number of rotatable bonds is 3. The van der Waals surface area contributed by atoms with Gasteiger partial charge in [0.25, 0.3) is 0 Å². The first-order valence-corrected chi connectivity index (χ1v) is 5.85. The Morgan fingerprint density at radius 1 is 1.24 bits per heavy atom. The van der Waals surface area contributed by atoms with E-state index >= 15 is 0 Å². The largest absolute Gasteiger partial charge is 0.378 e. The van der Waals surface area contributed by atoms with Crippen LogP contribution in [0.1, 0.15) is 18.4 Å². The van der Waals surface area contributed by atoms with E-state index < -0.39 is 11.6 Å². The standard InChI is InChI=1S/C13H17F2NO/c1-17-13(4-6-16-7-5-13)9-10-2-3-11(14)12(15)8-10/h2-3,8,16H,4-7,9H2,1H3. The number of benzene rings is 1. The van der Waals surface area contributed by atoms with Crippen LogP contribution in [0.4, 0.5) is 8.78 Å². The Labute approximate surface area is 100.0 Å². The van der Waals surface area contributed by atoms with Crippen molar-refractivity contribution in [3.63, 3.8) is 0 Å². The molecule has 2 rings (SSSR count). The number of piperidine rings is 1. The normalized spacial score (nSPS) is 19.2. The molecule has 0 unspecified atom stereocenters. The van der Waals surface area contributed by atoms with Gasteiger partial charge in [0.15, 0.2) is 11.6 Å². The number of ether oxygens (including phenoxy) is 1. The molecule has 0 aromatic heterocycles. The Morgan fingerprint density at radius 3 is 2.53 bits per heavy atom. The van der Waals surface area contributed by atoms with Gasteiger partial charge in [-0.15, -0.1) is 0 Å². The van der Waals surface area contributed by atoms with Crippen molar-refractivity contribution >= 4 is 0 Å². The highest BCUT2D eigenvalue weighted by Crippen LogP contribution is 2.27. The van der Waals surface area contributed by atoms with Crippen molar-refractivity contribution in [1.82, 2.24) is 5.32 Å². The quantitative estimate of drug-likeness (QED) is 0.876. The second-order valence-corrected chi connectivity index (χ2v) is 4.56. The average molecular weight is 241 g/mol. The van der Waals surface area contributed by atoms with Crippen LogP contribution < -0.4 is 5.32 Å². The Kier molecular flexibility index (Phi) is 3.74. The molecule has 1 saturated heterocycles. The summed E-state index contributed by atoms with van der Waals surface area (Å²) in [6.07, 6.45) is 2.41. The summed E-state index contributed by atoms with van der Waals surface area (Å²) in [6.45, 7) is 1.80. The first-order valence-electron chi connectivity index (χ1n) is 5.85. The summed E-state index contributed by atoms with van der Waals surface area (Å²) in [5, 5.41) is 3.27. The summed E-state index contributed by atoms with van der Waals surface area (Å²) in [5.41, 5.74) is 0.544. The van der Waals surface area contributed by atoms with Gasteiger partial charge in [0.1, 0.15) is 0 Å². The molecule has 0 atom stereocenters. The topological polar surface area (TPSA) is 21.3 Å². The van der Waals surface area contributed by atoms with Crippen LogP contribution in [-0.4, -0.2) is 25.8 Å². The van der Waals surface area contributed by atoms with E-state index in [-0.39, 0.29) is 5.60 Å². The molecule has 4 heteroatoms. The Morgan fingerprint density at radius 2 is 1.94 bits per heavy atom. The predicted molar refractivity (Wildman–Crippen MR) is 61.9 cm³/mol. The zero-order chi connectivity index (χ0) is 12.3. The van der Waals surface area contributed by atoms with Crippen molar-refractivity contribution < 1.29 is 13.5 Å². The van der Waals surface area contributed by atoms with Gasteiger partial charge in [0, 0.05) is 13.5 Å². The van der Waals surface area contributed by atoms with Gasteiger partial charge in [-0.1, -0.05) is 6.07 Å². The second kappa shape index (κ2) is 5.10. The van der Waals surface area contributed by atoms with Crippen molar-refractivity contribution in [1.29, 1.82) is 0 Å². The zero-order valence-corrected chi connectivity index (χ0v) is 9.93. The molecule has 0 radical (unpaired) electrons. The molecule has 0 saturated carbocycles. The summed E-state index contributed by atoms with van der Waals surface area (Å²) in [6, 6.07) is 4.06. The molecule has 1 fully saturated rings. The molecule has 2 nitrogen and oxygen atoms in total. The summed E-state index contributed by atoms with van der Waals surface area (Å²) >= 11 is 0. The van der Waals surface area contributed by atoms with Gasteiger partial charge in [0.2, 0.25) is 0 Å². The molecule has 0 amide bonds. The van der Waals surface area contributed by atoms with Gasteiger partial charge in [-0.25, -0.2) is 8.78 Å². The Hall–Kier alpha value is -1.00. The summed E-state index contributed by atoms with van der Waals surface area (Å²) in [7, 11) is 1.69. The van der Waals surface area contributed by atoms with E-state index in [1.807, 2.05) is 0 Å². The minimum Gasteiger partial charge on any atom is -0.378 e. The summed E-state index contributed by atoms with van der Waals surface area (Å²) in [5.74, 6) is -1.59. The van der Waals surface area contributed by atoms with E-state index in [1.54, 1.807) is 13.2 Å². The van der Waals surface area contributed by atoms with Crippen molar-refractivity contribution in [3.05, 3.63) is 35.4 Å². The van der Waals surface area contributed by atoms with Crippen LogP contribution in [0.2, 0.25) is 0 Å². The van der Waals surface area contributed by atoms with Gasteiger partial charge >= 0.3 is 0 Å².